The lowest BCUT2D eigenvalue weighted by atomic mass is 10.1. The van der Waals surface area contributed by atoms with Crippen molar-refractivity contribution in [3.05, 3.63) is 59.9 Å². The van der Waals surface area contributed by atoms with Gasteiger partial charge in [0, 0.05) is 18.8 Å². The molecule has 2 amide bonds. The molecular formula is C20H25N3O2. The lowest BCUT2D eigenvalue weighted by molar-refractivity contribution is 0.0946. The highest BCUT2D eigenvalue weighted by molar-refractivity contribution is 6.05. The average Bonchev–Trinajstić information content (AvgIpc) is 2.63. The predicted octanol–water partition coefficient (Wildman–Crippen LogP) is 3.52. The van der Waals surface area contributed by atoms with E-state index in [1.165, 1.54) is 0 Å². The first-order valence-electron chi connectivity index (χ1n) is 8.65. The van der Waals surface area contributed by atoms with Crippen LogP contribution in [-0.4, -0.2) is 29.9 Å². The molecule has 0 saturated heterocycles. The lowest BCUT2D eigenvalue weighted by Gasteiger charge is -2.20. The zero-order valence-corrected chi connectivity index (χ0v) is 15.0. The van der Waals surface area contributed by atoms with E-state index in [0.717, 1.165) is 12.1 Å². The fraction of sp³-hybridized carbons (Fsp3) is 0.350. The topological polar surface area (TPSA) is 62.3 Å². The van der Waals surface area contributed by atoms with E-state index in [-0.39, 0.29) is 23.2 Å². The van der Waals surface area contributed by atoms with Crippen molar-refractivity contribution in [3.63, 3.8) is 0 Å². The average molecular weight is 339 g/mol. The van der Waals surface area contributed by atoms with Crippen LogP contribution in [0.1, 0.15) is 48.2 Å². The first-order valence-corrected chi connectivity index (χ1v) is 8.65. The van der Waals surface area contributed by atoms with Crippen LogP contribution in [0.5, 0.6) is 0 Å². The van der Waals surface area contributed by atoms with Crippen LogP contribution in [0, 0.1) is 5.92 Å². The van der Waals surface area contributed by atoms with Gasteiger partial charge in [-0.3, -0.25) is 9.59 Å². The number of pyridine rings is 1. The molecule has 0 aliphatic heterocycles. The van der Waals surface area contributed by atoms with Gasteiger partial charge >= 0.3 is 0 Å². The maximum Gasteiger partial charge on any atom is 0.276 e. The largest absolute Gasteiger partial charge is 0.351 e. The van der Waals surface area contributed by atoms with E-state index in [1.54, 1.807) is 23.1 Å². The maximum atomic E-state index is 12.8. The van der Waals surface area contributed by atoms with Crippen LogP contribution in [0.15, 0.2) is 48.5 Å². The molecule has 0 radical (unpaired) electrons. The summed E-state index contributed by atoms with van der Waals surface area (Å²) in [6, 6.07) is 14.4. The van der Waals surface area contributed by atoms with Crippen LogP contribution >= 0.6 is 0 Å². The van der Waals surface area contributed by atoms with Crippen LogP contribution in [0.2, 0.25) is 0 Å². The van der Waals surface area contributed by atoms with Gasteiger partial charge in [0.05, 0.1) is 0 Å². The number of anilines is 1. The number of nitrogens with zero attached hydrogens (tertiary/aromatic N) is 2. The van der Waals surface area contributed by atoms with Crippen LogP contribution in [0.3, 0.4) is 0 Å². The number of rotatable bonds is 7. The van der Waals surface area contributed by atoms with Gasteiger partial charge in [-0.2, -0.15) is 0 Å². The molecule has 25 heavy (non-hydrogen) atoms. The summed E-state index contributed by atoms with van der Waals surface area (Å²) in [5.74, 6) is 0.0498. The minimum atomic E-state index is -0.252. The Bertz CT molecular complexity index is 714. The third-order valence-electron chi connectivity index (χ3n) is 3.84. The molecule has 1 heterocycles. The summed E-state index contributed by atoms with van der Waals surface area (Å²) < 4.78 is 0. The molecule has 132 valence electrons. The summed E-state index contributed by atoms with van der Waals surface area (Å²) >= 11 is 0. The molecular weight excluding hydrogens is 314 g/mol. The molecule has 2 aromatic rings. The number of hydrogen-bond acceptors (Lipinski definition) is 3. The number of para-hydroxylation sites is 1. The van der Waals surface area contributed by atoms with Crippen molar-refractivity contribution in [3.8, 4) is 0 Å². The lowest BCUT2D eigenvalue weighted by Crippen LogP contribution is -2.32. The fourth-order valence-electron chi connectivity index (χ4n) is 2.43. The second kappa shape index (κ2) is 8.97. The monoisotopic (exact) mass is 339 g/mol. The number of aromatic nitrogens is 1. The van der Waals surface area contributed by atoms with E-state index < -0.39 is 0 Å². The molecule has 1 aromatic carbocycles. The van der Waals surface area contributed by atoms with Crippen molar-refractivity contribution in [1.82, 2.24) is 10.3 Å². The third kappa shape index (κ3) is 5.14. The number of carbonyl (C=O) groups is 2. The molecule has 2 rings (SSSR count). The Balaban J connectivity index is 2.14. The van der Waals surface area contributed by atoms with Crippen molar-refractivity contribution in [2.45, 2.75) is 27.2 Å². The second-order valence-electron chi connectivity index (χ2n) is 6.23. The van der Waals surface area contributed by atoms with Gasteiger partial charge in [0.25, 0.3) is 11.8 Å². The van der Waals surface area contributed by atoms with Crippen LogP contribution in [0.4, 0.5) is 5.69 Å². The van der Waals surface area contributed by atoms with Crippen molar-refractivity contribution >= 4 is 17.5 Å². The zero-order valence-electron chi connectivity index (χ0n) is 15.0. The quantitative estimate of drug-likeness (QED) is 0.839. The van der Waals surface area contributed by atoms with E-state index >= 15 is 0 Å². The Morgan fingerprint density at radius 2 is 1.72 bits per heavy atom. The van der Waals surface area contributed by atoms with Gasteiger partial charge in [0.15, 0.2) is 0 Å². The molecule has 5 nitrogen and oxygen atoms in total. The Morgan fingerprint density at radius 1 is 1.04 bits per heavy atom. The van der Waals surface area contributed by atoms with E-state index in [4.69, 9.17) is 0 Å². The molecule has 0 saturated carbocycles. The van der Waals surface area contributed by atoms with Gasteiger partial charge < -0.3 is 10.2 Å². The molecule has 0 fully saturated rings. The molecule has 0 spiro atoms. The normalized spacial score (nSPS) is 10.6. The molecule has 1 N–H and O–H groups in total. The Labute approximate surface area is 149 Å². The summed E-state index contributed by atoms with van der Waals surface area (Å²) in [4.78, 5) is 30.9. The summed E-state index contributed by atoms with van der Waals surface area (Å²) in [5.41, 5.74) is 1.34. The van der Waals surface area contributed by atoms with Gasteiger partial charge in [0.1, 0.15) is 11.4 Å². The van der Waals surface area contributed by atoms with E-state index in [9.17, 15) is 9.59 Å². The number of nitrogens with one attached hydrogen (secondary N) is 1. The van der Waals surface area contributed by atoms with Crippen LogP contribution in [0.25, 0.3) is 0 Å². The van der Waals surface area contributed by atoms with Gasteiger partial charge in [0.2, 0.25) is 0 Å². The van der Waals surface area contributed by atoms with E-state index in [0.29, 0.717) is 19.0 Å². The molecule has 0 aliphatic rings. The number of amides is 2. The summed E-state index contributed by atoms with van der Waals surface area (Å²) in [7, 11) is 0. The fourth-order valence-corrected chi connectivity index (χ4v) is 2.43. The predicted molar refractivity (Wildman–Crippen MR) is 99.8 cm³/mol. The van der Waals surface area contributed by atoms with Crippen LogP contribution < -0.4 is 10.2 Å². The summed E-state index contributed by atoms with van der Waals surface area (Å²) in [6.07, 6.45) is 0.905. The van der Waals surface area contributed by atoms with Gasteiger partial charge in [-0.15, -0.1) is 0 Å². The van der Waals surface area contributed by atoms with Crippen molar-refractivity contribution in [2.75, 3.05) is 18.0 Å². The Morgan fingerprint density at radius 3 is 2.36 bits per heavy atom. The zero-order chi connectivity index (χ0) is 18.2. The second-order valence-corrected chi connectivity index (χ2v) is 6.23. The highest BCUT2D eigenvalue weighted by Gasteiger charge is 2.18. The third-order valence-corrected chi connectivity index (χ3v) is 3.84. The Hall–Kier alpha value is -2.69. The number of benzene rings is 1. The standard InChI is InChI=1S/C20H25N3O2/c1-4-23(16-9-6-5-7-10-16)20(25)18-12-8-11-17(22-18)19(24)21-14-13-15(2)3/h5-12,15H,4,13-14H2,1-3H3,(H,21,24). The molecule has 0 aliphatic carbocycles. The molecule has 0 atom stereocenters. The smallest absolute Gasteiger partial charge is 0.276 e. The van der Waals surface area contributed by atoms with Crippen LogP contribution in [-0.2, 0) is 0 Å². The summed E-state index contributed by atoms with van der Waals surface area (Å²) in [6.45, 7) is 7.24. The molecule has 1 aromatic heterocycles. The Kier molecular flexibility index (Phi) is 6.69. The van der Waals surface area contributed by atoms with Crippen molar-refractivity contribution in [2.24, 2.45) is 5.92 Å². The molecule has 0 unspecified atom stereocenters. The highest BCUT2D eigenvalue weighted by Crippen LogP contribution is 2.16. The summed E-state index contributed by atoms with van der Waals surface area (Å²) in [5, 5.41) is 2.84. The van der Waals surface area contributed by atoms with E-state index in [1.807, 2.05) is 37.3 Å². The van der Waals surface area contributed by atoms with Gasteiger partial charge in [-0.25, -0.2) is 4.98 Å². The minimum Gasteiger partial charge on any atom is -0.351 e. The van der Waals surface area contributed by atoms with E-state index in [2.05, 4.69) is 24.1 Å². The van der Waals surface area contributed by atoms with Gasteiger partial charge in [-0.05, 0) is 43.5 Å². The first kappa shape index (κ1) is 18.6. The molecule has 0 bridgehead atoms. The maximum absolute atomic E-state index is 12.8. The van der Waals surface area contributed by atoms with Gasteiger partial charge in [-0.1, -0.05) is 38.1 Å². The molecule has 5 heteroatoms. The number of hydrogen-bond donors (Lipinski definition) is 1. The highest BCUT2D eigenvalue weighted by atomic mass is 16.2. The van der Waals surface area contributed by atoms with Crippen molar-refractivity contribution in [1.29, 1.82) is 0 Å². The SMILES string of the molecule is CCN(C(=O)c1cccc(C(=O)NCCC(C)C)n1)c1ccccc1. The number of carbonyl (C=O) groups excluding carboxylic acids is 2. The first-order chi connectivity index (χ1) is 12.0. The minimum absolute atomic E-state index is 0.217. The van der Waals surface area contributed by atoms with Crippen molar-refractivity contribution < 1.29 is 9.59 Å².